The quantitative estimate of drug-likeness (QED) is 0.635. The second kappa shape index (κ2) is 8.95. The SMILES string of the molecule is COCNC(=O)c1cccc(OC2CCCC2)c1-c1cccc(F)c1C1CCC1. The molecule has 2 aromatic carbocycles. The molecule has 1 N–H and O–H groups in total. The molecule has 0 spiro atoms. The van der Waals surface area contributed by atoms with E-state index in [-0.39, 0.29) is 30.5 Å². The maximum Gasteiger partial charge on any atom is 0.253 e. The van der Waals surface area contributed by atoms with Crippen LogP contribution < -0.4 is 10.1 Å². The van der Waals surface area contributed by atoms with Crippen molar-refractivity contribution in [2.75, 3.05) is 13.8 Å². The van der Waals surface area contributed by atoms with E-state index in [0.29, 0.717) is 22.4 Å². The predicted molar refractivity (Wildman–Crippen MR) is 111 cm³/mol. The van der Waals surface area contributed by atoms with Gasteiger partial charge in [0.05, 0.1) is 11.7 Å². The normalized spacial score (nSPS) is 17.2. The molecule has 4 nitrogen and oxygen atoms in total. The predicted octanol–water partition coefficient (Wildman–Crippen LogP) is 5.42. The Morgan fingerprint density at radius 1 is 1.07 bits per heavy atom. The number of carbonyl (C=O) groups excluding carboxylic acids is 1. The second-order valence-electron chi connectivity index (χ2n) is 7.97. The molecule has 2 fully saturated rings. The highest BCUT2D eigenvalue weighted by molar-refractivity contribution is 6.02. The molecular formula is C24H28FNO3. The third kappa shape index (κ3) is 4.15. The van der Waals surface area contributed by atoms with Gasteiger partial charge in [-0.3, -0.25) is 4.79 Å². The van der Waals surface area contributed by atoms with E-state index in [9.17, 15) is 9.18 Å². The third-order valence-electron chi connectivity index (χ3n) is 6.08. The van der Waals surface area contributed by atoms with Gasteiger partial charge in [0.15, 0.2) is 0 Å². The van der Waals surface area contributed by atoms with E-state index in [1.165, 1.54) is 13.2 Å². The fourth-order valence-corrected chi connectivity index (χ4v) is 4.38. The van der Waals surface area contributed by atoms with E-state index >= 15 is 0 Å². The van der Waals surface area contributed by atoms with Gasteiger partial charge in [-0.25, -0.2) is 4.39 Å². The van der Waals surface area contributed by atoms with Crippen LogP contribution in [0.5, 0.6) is 5.75 Å². The number of methoxy groups -OCH3 is 1. The molecule has 2 aromatic rings. The molecule has 2 saturated carbocycles. The molecule has 0 bridgehead atoms. The lowest BCUT2D eigenvalue weighted by Crippen LogP contribution is -2.26. The van der Waals surface area contributed by atoms with Crippen molar-refractivity contribution in [1.82, 2.24) is 5.32 Å². The van der Waals surface area contributed by atoms with Crippen molar-refractivity contribution in [3.8, 4) is 16.9 Å². The van der Waals surface area contributed by atoms with Crippen molar-refractivity contribution in [1.29, 1.82) is 0 Å². The number of ether oxygens (including phenoxy) is 2. The van der Waals surface area contributed by atoms with Crippen molar-refractivity contribution >= 4 is 5.91 Å². The highest BCUT2D eigenvalue weighted by Gasteiger charge is 2.29. The summed E-state index contributed by atoms with van der Waals surface area (Å²) < 4.78 is 26.3. The Morgan fingerprint density at radius 2 is 1.83 bits per heavy atom. The van der Waals surface area contributed by atoms with Crippen molar-refractivity contribution in [3.63, 3.8) is 0 Å². The van der Waals surface area contributed by atoms with Crippen LogP contribution in [0.1, 0.15) is 66.8 Å². The van der Waals surface area contributed by atoms with Crippen molar-refractivity contribution in [2.45, 2.75) is 57.0 Å². The summed E-state index contributed by atoms with van der Waals surface area (Å²) in [5.41, 5.74) is 2.66. The van der Waals surface area contributed by atoms with Crippen molar-refractivity contribution in [3.05, 3.63) is 53.3 Å². The number of benzene rings is 2. The largest absolute Gasteiger partial charge is 0.490 e. The summed E-state index contributed by atoms with van der Waals surface area (Å²) in [5, 5.41) is 2.76. The summed E-state index contributed by atoms with van der Waals surface area (Å²) in [4.78, 5) is 12.9. The van der Waals surface area contributed by atoms with Crippen LogP contribution >= 0.6 is 0 Å². The Labute approximate surface area is 171 Å². The summed E-state index contributed by atoms with van der Waals surface area (Å²) in [5.74, 6) is 0.405. The molecule has 2 aliphatic rings. The number of nitrogens with one attached hydrogen (secondary N) is 1. The van der Waals surface area contributed by atoms with Crippen LogP contribution in [0, 0.1) is 5.82 Å². The summed E-state index contributed by atoms with van der Waals surface area (Å²) in [6.07, 6.45) is 7.54. The fraction of sp³-hybridized carbons (Fsp3) is 0.458. The first-order valence-electron chi connectivity index (χ1n) is 10.5. The van der Waals surface area contributed by atoms with Crippen LogP contribution in [-0.4, -0.2) is 25.9 Å². The standard InChI is InChI=1S/C24H28FNO3/c1-28-15-26-24(27)19-12-6-14-21(29-17-9-2-3-10-17)23(19)18-11-5-13-20(25)22(18)16-7-4-8-16/h5-6,11-14,16-17H,2-4,7-10,15H2,1H3,(H,26,27). The average molecular weight is 397 g/mol. The molecular weight excluding hydrogens is 369 g/mol. The topological polar surface area (TPSA) is 47.6 Å². The first kappa shape index (κ1) is 19.9. The molecule has 0 unspecified atom stereocenters. The van der Waals surface area contributed by atoms with Gasteiger partial charge in [-0.05, 0) is 73.8 Å². The van der Waals surface area contributed by atoms with Crippen LogP contribution in [0.2, 0.25) is 0 Å². The van der Waals surface area contributed by atoms with Gasteiger partial charge in [-0.2, -0.15) is 0 Å². The minimum atomic E-state index is -0.248. The Kier molecular flexibility index (Phi) is 6.14. The molecule has 1 amide bonds. The van der Waals surface area contributed by atoms with Gasteiger partial charge in [0.25, 0.3) is 5.91 Å². The number of amides is 1. The molecule has 0 aliphatic heterocycles. The summed E-state index contributed by atoms with van der Waals surface area (Å²) in [7, 11) is 1.53. The molecule has 0 saturated heterocycles. The van der Waals surface area contributed by atoms with Crippen LogP contribution in [-0.2, 0) is 4.74 Å². The number of halogens is 1. The van der Waals surface area contributed by atoms with Crippen molar-refractivity contribution in [2.24, 2.45) is 0 Å². The molecule has 4 rings (SSSR count). The third-order valence-corrected chi connectivity index (χ3v) is 6.08. The zero-order valence-corrected chi connectivity index (χ0v) is 16.9. The van der Waals surface area contributed by atoms with E-state index in [2.05, 4.69) is 5.32 Å². The Hall–Kier alpha value is -2.40. The van der Waals surface area contributed by atoms with Gasteiger partial charge < -0.3 is 14.8 Å². The molecule has 0 atom stereocenters. The summed E-state index contributed by atoms with van der Waals surface area (Å²) in [6.45, 7) is 0.116. The van der Waals surface area contributed by atoms with Crippen molar-refractivity contribution < 1.29 is 18.7 Å². The van der Waals surface area contributed by atoms with E-state index in [0.717, 1.165) is 50.5 Å². The summed E-state index contributed by atoms with van der Waals surface area (Å²) in [6, 6.07) is 10.7. The maximum absolute atomic E-state index is 14.9. The first-order valence-corrected chi connectivity index (χ1v) is 10.5. The monoisotopic (exact) mass is 397 g/mol. The van der Waals surface area contributed by atoms with Crippen LogP contribution in [0.15, 0.2) is 36.4 Å². The van der Waals surface area contributed by atoms with Gasteiger partial charge in [0.1, 0.15) is 18.3 Å². The Bertz CT molecular complexity index is 872. The summed E-state index contributed by atoms with van der Waals surface area (Å²) >= 11 is 0. The lowest BCUT2D eigenvalue weighted by Gasteiger charge is -2.29. The van der Waals surface area contributed by atoms with Crippen LogP contribution in [0.4, 0.5) is 4.39 Å². The van der Waals surface area contributed by atoms with E-state index in [1.807, 2.05) is 18.2 Å². The molecule has 29 heavy (non-hydrogen) atoms. The number of hydrogen-bond donors (Lipinski definition) is 1. The number of hydrogen-bond acceptors (Lipinski definition) is 3. The zero-order chi connectivity index (χ0) is 20.2. The van der Waals surface area contributed by atoms with Crippen LogP contribution in [0.3, 0.4) is 0 Å². The van der Waals surface area contributed by atoms with E-state index < -0.39 is 0 Å². The zero-order valence-electron chi connectivity index (χ0n) is 16.9. The van der Waals surface area contributed by atoms with Gasteiger partial charge in [0.2, 0.25) is 0 Å². The van der Waals surface area contributed by atoms with E-state index in [4.69, 9.17) is 9.47 Å². The molecule has 0 heterocycles. The highest BCUT2D eigenvalue weighted by Crippen LogP contribution is 2.46. The number of rotatable bonds is 7. The lowest BCUT2D eigenvalue weighted by molar-refractivity contribution is 0.0872. The fourth-order valence-electron chi connectivity index (χ4n) is 4.38. The smallest absolute Gasteiger partial charge is 0.253 e. The molecule has 154 valence electrons. The van der Waals surface area contributed by atoms with Gasteiger partial charge in [-0.1, -0.05) is 24.6 Å². The van der Waals surface area contributed by atoms with E-state index in [1.54, 1.807) is 12.1 Å². The minimum Gasteiger partial charge on any atom is -0.490 e. The number of carbonyl (C=O) groups is 1. The Balaban J connectivity index is 1.83. The Morgan fingerprint density at radius 3 is 2.52 bits per heavy atom. The van der Waals surface area contributed by atoms with Gasteiger partial charge in [0, 0.05) is 12.7 Å². The van der Waals surface area contributed by atoms with Gasteiger partial charge in [-0.15, -0.1) is 0 Å². The molecule has 2 aliphatic carbocycles. The second-order valence-corrected chi connectivity index (χ2v) is 7.97. The van der Waals surface area contributed by atoms with Crippen LogP contribution in [0.25, 0.3) is 11.1 Å². The molecule has 0 aromatic heterocycles. The molecule has 0 radical (unpaired) electrons. The maximum atomic E-state index is 14.9. The van der Waals surface area contributed by atoms with Gasteiger partial charge >= 0.3 is 0 Å². The minimum absolute atomic E-state index is 0.116. The first-order chi connectivity index (χ1) is 14.2. The average Bonchev–Trinajstić information content (AvgIpc) is 3.19. The highest BCUT2D eigenvalue weighted by atomic mass is 19.1. The molecule has 5 heteroatoms. The lowest BCUT2D eigenvalue weighted by atomic mass is 9.76.